The van der Waals surface area contributed by atoms with Gasteiger partial charge in [-0.2, -0.15) is 0 Å². The van der Waals surface area contributed by atoms with Crippen LogP contribution in [0.3, 0.4) is 0 Å². The molecule has 0 atom stereocenters. The molecule has 0 aliphatic heterocycles. The molecule has 2 heterocycles. The van der Waals surface area contributed by atoms with Crippen molar-refractivity contribution in [1.82, 2.24) is 4.98 Å². The Kier molecular flexibility index (Phi) is 4.46. The number of thiophene rings is 1. The number of ketones is 1. The van der Waals surface area contributed by atoms with Crippen molar-refractivity contribution < 1.29 is 4.79 Å². The van der Waals surface area contributed by atoms with Gasteiger partial charge in [0.15, 0.2) is 5.78 Å². The minimum atomic E-state index is -0.441. The molecular weight excluding hydrogens is 358 g/mol. The van der Waals surface area contributed by atoms with Gasteiger partial charge in [0.1, 0.15) is 0 Å². The topological polar surface area (TPSA) is 49.9 Å². The number of hydrogen-bond donors (Lipinski definition) is 1. The van der Waals surface area contributed by atoms with Crippen molar-refractivity contribution in [3.05, 3.63) is 40.3 Å². The van der Waals surface area contributed by atoms with Crippen molar-refractivity contribution in [2.24, 2.45) is 5.41 Å². The lowest BCUT2D eigenvalue weighted by molar-refractivity contribution is -0.119. The zero-order chi connectivity index (χ0) is 14.9. The summed E-state index contributed by atoms with van der Waals surface area (Å²) in [7, 11) is 0. The zero-order valence-electron chi connectivity index (χ0n) is 11.3. The van der Waals surface area contributed by atoms with Crippen molar-refractivity contribution >= 4 is 56.5 Å². The van der Waals surface area contributed by atoms with E-state index in [1.165, 1.54) is 17.4 Å². The maximum atomic E-state index is 11.9. The van der Waals surface area contributed by atoms with E-state index >= 15 is 0 Å². The zero-order valence-corrected chi connectivity index (χ0v) is 14.5. The number of rotatable bonds is 2. The SMILES string of the molecule is CC(C)(C)C(=O)/C=c1/[nH]c(=O)/c(=C/c2cc(Br)cs2)s1. The second-order valence-corrected chi connectivity index (χ2v) is 8.30. The van der Waals surface area contributed by atoms with Crippen molar-refractivity contribution in [2.75, 3.05) is 0 Å². The molecule has 0 saturated carbocycles. The van der Waals surface area contributed by atoms with E-state index in [4.69, 9.17) is 0 Å². The number of nitrogens with one attached hydrogen (secondary N) is 1. The molecular formula is C14H14BrNO2S2. The molecule has 0 unspecified atom stereocenters. The van der Waals surface area contributed by atoms with Crippen LogP contribution in [0.15, 0.2) is 20.7 Å². The maximum absolute atomic E-state index is 11.9. The number of hydrogen-bond acceptors (Lipinski definition) is 4. The van der Waals surface area contributed by atoms with Crippen molar-refractivity contribution in [3.63, 3.8) is 0 Å². The monoisotopic (exact) mass is 371 g/mol. The predicted molar refractivity (Wildman–Crippen MR) is 88.7 cm³/mol. The summed E-state index contributed by atoms with van der Waals surface area (Å²) in [5.41, 5.74) is -0.601. The van der Waals surface area contributed by atoms with Gasteiger partial charge in [0.2, 0.25) is 0 Å². The summed E-state index contributed by atoms with van der Waals surface area (Å²) in [6.45, 7) is 5.56. The summed E-state index contributed by atoms with van der Waals surface area (Å²) in [6.07, 6.45) is 3.34. The normalized spacial score (nSPS) is 14.0. The molecule has 0 aliphatic carbocycles. The quantitative estimate of drug-likeness (QED) is 0.881. The van der Waals surface area contributed by atoms with Gasteiger partial charge < -0.3 is 4.98 Å². The molecule has 6 heteroatoms. The molecule has 2 rings (SSSR count). The highest BCUT2D eigenvalue weighted by Crippen LogP contribution is 2.19. The van der Waals surface area contributed by atoms with E-state index in [2.05, 4.69) is 20.9 Å². The first-order valence-corrected chi connectivity index (χ1v) is 8.46. The van der Waals surface area contributed by atoms with Gasteiger partial charge in [-0.3, -0.25) is 9.59 Å². The molecule has 0 bridgehead atoms. The lowest BCUT2D eigenvalue weighted by atomic mass is 9.91. The average molecular weight is 372 g/mol. The number of Topliss-reactive ketones (excluding diaryl/α,β-unsaturated/α-hetero) is 1. The summed E-state index contributed by atoms with van der Waals surface area (Å²) in [6, 6.07) is 1.95. The highest BCUT2D eigenvalue weighted by atomic mass is 79.9. The first kappa shape index (κ1) is 15.4. The van der Waals surface area contributed by atoms with Gasteiger partial charge in [0.05, 0.1) is 9.20 Å². The second kappa shape index (κ2) is 5.79. The van der Waals surface area contributed by atoms with Crippen LogP contribution in [0.25, 0.3) is 12.2 Å². The smallest absolute Gasteiger partial charge is 0.266 e. The number of halogens is 1. The molecule has 20 heavy (non-hydrogen) atoms. The number of aromatic nitrogens is 1. The van der Waals surface area contributed by atoms with Crippen molar-refractivity contribution in [2.45, 2.75) is 20.8 Å². The number of H-pyrrole nitrogens is 1. The molecule has 3 nitrogen and oxygen atoms in total. The summed E-state index contributed by atoms with van der Waals surface area (Å²) >= 11 is 6.24. The highest BCUT2D eigenvalue weighted by molar-refractivity contribution is 9.10. The lowest BCUT2D eigenvalue weighted by Gasteiger charge is -2.12. The number of carbonyl (C=O) groups is 1. The summed E-state index contributed by atoms with van der Waals surface area (Å²) < 4.78 is 2.19. The van der Waals surface area contributed by atoms with Crippen LogP contribution in [0.2, 0.25) is 0 Å². The van der Waals surface area contributed by atoms with Gasteiger partial charge in [-0.15, -0.1) is 22.7 Å². The fraction of sp³-hybridized carbons (Fsp3) is 0.286. The Bertz CT molecular complexity index is 805. The molecule has 106 valence electrons. The van der Waals surface area contributed by atoms with Gasteiger partial charge in [-0.05, 0) is 28.1 Å². The van der Waals surface area contributed by atoms with Crippen LogP contribution >= 0.6 is 38.6 Å². The molecule has 0 spiro atoms. The number of aromatic amines is 1. The molecule has 2 aromatic heterocycles. The predicted octanol–water partition coefficient (Wildman–Crippen LogP) is 2.48. The molecule has 0 aliphatic rings. The number of thiazole rings is 1. The Labute approximate surface area is 132 Å². The van der Waals surface area contributed by atoms with Crippen molar-refractivity contribution in [3.8, 4) is 0 Å². The van der Waals surface area contributed by atoms with E-state index in [1.54, 1.807) is 11.3 Å². The Hall–Kier alpha value is -0.980. The van der Waals surface area contributed by atoms with Crippen LogP contribution in [0.5, 0.6) is 0 Å². The van der Waals surface area contributed by atoms with E-state index in [0.717, 1.165) is 9.35 Å². The first-order chi connectivity index (χ1) is 9.25. The molecule has 2 aromatic rings. The fourth-order valence-electron chi connectivity index (χ4n) is 1.39. The third-order valence-electron chi connectivity index (χ3n) is 2.54. The van der Waals surface area contributed by atoms with Gasteiger partial charge in [-0.1, -0.05) is 20.8 Å². The summed E-state index contributed by atoms with van der Waals surface area (Å²) in [5, 5.41) is 1.96. The van der Waals surface area contributed by atoms with E-state index in [1.807, 2.05) is 38.3 Å². The van der Waals surface area contributed by atoms with Gasteiger partial charge in [-0.25, -0.2) is 0 Å². The van der Waals surface area contributed by atoms with Crippen LogP contribution < -0.4 is 14.8 Å². The van der Waals surface area contributed by atoms with Crippen LogP contribution in [0, 0.1) is 5.41 Å². The lowest BCUT2D eigenvalue weighted by Crippen LogP contribution is -2.21. The fourth-order valence-corrected chi connectivity index (χ4v) is 3.72. The van der Waals surface area contributed by atoms with Gasteiger partial charge in [0, 0.05) is 26.2 Å². The number of carbonyl (C=O) groups excluding carboxylic acids is 1. The third-order valence-corrected chi connectivity index (χ3v) is 5.15. The van der Waals surface area contributed by atoms with Crippen LogP contribution in [0.1, 0.15) is 25.6 Å². The van der Waals surface area contributed by atoms with Crippen molar-refractivity contribution in [1.29, 1.82) is 0 Å². The minimum absolute atomic E-state index is 0.000387. The molecule has 0 aromatic carbocycles. The van der Waals surface area contributed by atoms with E-state index in [-0.39, 0.29) is 11.3 Å². The first-order valence-electron chi connectivity index (χ1n) is 5.97. The third kappa shape index (κ3) is 3.77. The highest BCUT2D eigenvalue weighted by Gasteiger charge is 2.18. The summed E-state index contributed by atoms with van der Waals surface area (Å²) in [4.78, 5) is 27.5. The van der Waals surface area contributed by atoms with E-state index in [9.17, 15) is 9.59 Å². The second-order valence-electron chi connectivity index (χ2n) is 5.35. The maximum Gasteiger partial charge on any atom is 0.266 e. The van der Waals surface area contributed by atoms with Gasteiger partial charge in [0.25, 0.3) is 5.56 Å². The molecule has 0 amide bonds. The van der Waals surface area contributed by atoms with E-state index < -0.39 is 5.41 Å². The summed E-state index contributed by atoms with van der Waals surface area (Å²) in [5.74, 6) is 0.000387. The Morgan fingerprint density at radius 2 is 2.10 bits per heavy atom. The van der Waals surface area contributed by atoms with Crippen LogP contribution in [-0.2, 0) is 4.79 Å². The average Bonchev–Trinajstić information content (AvgIpc) is 2.86. The minimum Gasteiger partial charge on any atom is -0.313 e. The Morgan fingerprint density at radius 3 is 2.65 bits per heavy atom. The Balaban J connectivity index is 2.45. The van der Waals surface area contributed by atoms with E-state index in [0.29, 0.717) is 9.20 Å². The molecule has 1 N–H and O–H groups in total. The van der Waals surface area contributed by atoms with Crippen LogP contribution in [-0.4, -0.2) is 10.8 Å². The standard InChI is InChI=1S/C14H14BrNO2S2/c1-14(2,3)11(17)6-12-16-13(18)10(20-12)5-9-4-8(15)7-19-9/h4-7H,1-3H3,(H,16,18)/b10-5-,12-6-. The molecule has 0 fully saturated rings. The largest absolute Gasteiger partial charge is 0.313 e. The van der Waals surface area contributed by atoms with Gasteiger partial charge >= 0.3 is 0 Å². The molecule has 0 radical (unpaired) electrons. The van der Waals surface area contributed by atoms with Crippen LogP contribution in [0.4, 0.5) is 0 Å². The molecule has 0 saturated heterocycles. The Morgan fingerprint density at radius 1 is 1.40 bits per heavy atom.